The van der Waals surface area contributed by atoms with Gasteiger partial charge in [-0.3, -0.25) is 4.72 Å². The maximum atomic E-state index is 12.3. The highest BCUT2D eigenvalue weighted by Gasteiger charge is 2.33. The van der Waals surface area contributed by atoms with Crippen LogP contribution in [0, 0.1) is 18.3 Å². The van der Waals surface area contributed by atoms with Gasteiger partial charge in [0.2, 0.25) is 10.0 Å². The number of urea groups is 1. The van der Waals surface area contributed by atoms with Crippen LogP contribution in [0.4, 0.5) is 16.2 Å². The Kier molecular flexibility index (Phi) is 6.21. The van der Waals surface area contributed by atoms with Gasteiger partial charge in [-0.2, -0.15) is 0 Å². The number of carbonyl (C=O) groups is 1. The van der Waals surface area contributed by atoms with Crippen LogP contribution in [-0.4, -0.2) is 26.2 Å². The second-order valence-corrected chi connectivity index (χ2v) is 10.1. The molecule has 1 aliphatic rings. The smallest absolute Gasteiger partial charge is 0.319 e. The molecule has 26 heavy (non-hydrogen) atoms. The fraction of sp³-hybridized carbons (Fsp3) is 0.632. The fourth-order valence-electron chi connectivity index (χ4n) is 3.59. The Morgan fingerprint density at radius 1 is 1.31 bits per heavy atom. The first-order valence-corrected chi connectivity index (χ1v) is 10.9. The maximum absolute atomic E-state index is 12.3. The molecule has 0 aliphatic heterocycles. The molecule has 6 nitrogen and oxygen atoms in total. The van der Waals surface area contributed by atoms with Gasteiger partial charge in [-0.15, -0.1) is 0 Å². The van der Waals surface area contributed by atoms with Crippen LogP contribution in [0.2, 0.25) is 0 Å². The minimum absolute atomic E-state index is 0.0191. The number of amides is 2. The van der Waals surface area contributed by atoms with Crippen LogP contribution in [0.5, 0.6) is 0 Å². The molecule has 1 fully saturated rings. The lowest BCUT2D eigenvalue weighted by Crippen LogP contribution is -2.46. The number of nitrogens with one attached hydrogen (secondary N) is 3. The summed E-state index contributed by atoms with van der Waals surface area (Å²) in [5.74, 6) is 0.461. The first kappa shape index (κ1) is 20.6. The molecule has 2 atom stereocenters. The van der Waals surface area contributed by atoms with Gasteiger partial charge in [0.05, 0.1) is 11.4 Å². The highest BCUT2D eigenvalue weighted by Crippen LogP contribution is 2.38. The maximum Gasteiger partial charge on any atom is 0.319 e. The third-order valence-electron chi connectivity index (χ3n) is 5.14. The quantitative estimate of drug-likeness (QED) is 0.718. The molecule has 0 radical (unpaired) electrons. The molecule has 0 bridgehead atoms. The minimum atomic E-state index is -3.32. The summed E-state index contributed by atoms with van der Waals surface area (Å²) in [7, 11) is -3.32. The van der Waals surface area contributed by atoms with E-state index in [1.165, 1.54) is 0 Å². The zero-order valence-electron chi connectivity index (χ0n) is 16.3. The Balaban J connectivity index is 1.96. The molecule has 1 saturated carbocycles. The minimum Gasteiger partial charge on any atom is -0.335 e. The Hall–Kier alpha value is -1.76. The van der Waals surface area contributed by atoms with Crippen molar-refractivity contribution in [2.45, 2.75) is 59.9 Å². The van der Waals surface area contributed by atoms with Gasteiger partial charge in [-0.1, -0.05) is 20.8 Å². The Labute approximate surface area is 157 Å². The third-order valence-corrected chi connectivity index (χ3v) is 6.43. The normalized spacial score (nSPS) is 22.5. The predicted octanol–water partition coefficient (Wildman–Crippen LogP) is 4.09. The fourth-order valence-corrected chi connectivity index (χ4v) is 4.30. The number of rotatable bonds is 5. The van der Waals surface area contributed by atoms with Crippen LogP contribution in [0.15, 0.2) is 18.2 Å². The van der Waals surface area contributed by atoms with Gasteiger partial charge in [0.25, 0.3) is 0 Å². The summed E-state index contributed by atoms with van der Waals surface area (Å²) in [5, 5.41) is 5.92. The Morgan fingerprint density at radius 2 is 2.00 bits per heavy atom. The van der Waals surface area contributed by atoms with Gasteiger partial charge in [0, 0.05) is 11.7 Å². The largest absolute Gasteiger partial charge is 0.335 e. The van der Waals surface area contributed by atoms with E-state index < -0.39 is 10.0 Å². The zero-order chi connectivity index (χ0) is 19.5. The lowest BCUT2D eigenvalue weighted by atomic mass is 9.70. The van der Waals surface area contributed by atoms with Crippen molar-refractivity contribution < 1.29 is 13.2 Å². The molecular weight excluding hydrogens is 350 g/mol. The van der Waals surface area contributed by atoms with Crippen LogP contribution in [0.3, 0.4) is 0 Å². The molecular formula is C19H31N3O3S. The molecule has 1 aromatic carbocycles. The van der Waals surface area contributed by atoms with Crippen LogP contribution in [0.1, 0.15) is 52.5 Å². The van der Waals surface area contributed by atoms with Gasteiger partial charge in [0.1, 0.15) is 0 Å². The van der Waals surface area contributed by atoms with Gasteiger partial charge < -0.3 is 10.6 Å². The highest BCUT2D eigenvalue weighted by molar-refractivity contribution is 7.92. The van der Waals surface area contributed by atoms with E-state index >= 15 is 0 Å². The standard InChI is InChI=1S/C19H31N3O3S/c1-6-26(24,25)22-17-8-7-15(11-13(17)2)20-18(23)21-16-9-10-19(4,5)12-14(16)3/h7-8,11,14,16,22H,6,9-10,12H2,1-5H3,(H2,20,21,23)/t14-,16-/m1/s1. The van der Waals surface area contributed by atoms with Crippen LogP contribution in [0.25, 0.3) is 0 Å². The van der Waals surface area contributed by atoms with Crippen molar-refractivity contribution in [3.63, 3.8) is 0 Å². The van der Waals surface area contributed by atoms with Crippen molar-refractivity contribution in [3.05, 3.63) is 23.8 Å². The van der Waals surface area contributed by atoms with Gasteiger partial charge in [-0.05, 0) is 68.2 Å². The molecule has 0 spiro atoms. The van der Waals surface area contributed by atoms with Crippen molar-refractivity contribution in [2.24, 2.45) is 11.3 Å². The zero-order valence-corrected chi connectivity index (χ0v) is 17.2. The molecule has 2 rings (SSSR count). The number of sulfonamides is 1. The summed E-state index contributed by atoms with van der Waals surface area (Å²) in [6.45, 7) is 10.1. The van der Waals surface area contributed by atoms with E-state index in [2.05, 4.69) is 36.1 Å². The van der Waals surface area contributed by atoms with Crippen LogP contribution in [-0.2, 0) is 10.0 Å². The lowest BCUT2D eigenvalue weighted by Gasteiger charge is -2.39. The number of aryl methyl sites for hydroxylation is 1. The van der Waals surface area contributed by atoms with Gasteiger partial charge in [0.15, 0.2) is 0 Å². The van der Waals surface area contributed by atoms with Gasteiger partial charge >= 0.3 is 6.03 Å². The highest BCUT2D eigenvalue weighted by atomic mass is 32.2. The molecule has 1 aliphatic carbocycles. The van der Waals surface area contributed by atoms with Crippen molar-refractivity contribution in [3.8, 4) is 0 Å². The average molecular weight is 382 g/mol. The number of carbonyl (C=O) groups excluding carboxylic acids is 1. The summed E-state index contributed by atoms with van der Waals surface area (Å²) in [4.78, 5) is 12.3. The average Bonchev–Trinajstić information content (AvgIpc) is 2.52. The van der Waals surface area contributed by atoms with E-state index in [-0.39, 0.29) is 17.8 Å². The molecule has 3 N–H and O–H groups in total. The summed E-state index contributed by atoms with van der Waals surface area (Å²) >= 11 is 0. The van der Waals surface area contributed by atoms with E-state index in [1.807, 2.05) is 6.92 Å². The monoisotopic (exact) mass is 381 g/mol. The van der Waals surface area contributed by atoms with E-state index in [4.69, 9.17) is 0 Å². The third kappa shape index (κ3) is 5.62. The number of benzene rings is 1. The number of hydrogen-bond acceptors (Lipinski definition) is 3. The van der Waals surface area contributed by atoms with Crippen LogP contribution < -0.4 is 15.4 Å². The topological polar surface area (TPSA) is 87.3 Å². The van der Waals surface area contributed by atoms with Crippen molar-refractivity contribution in [1.29, 1.82) is 0 Å². The number of hydrogen-bond donors (Lipinski definition) is 3. The summed E-state index contributed by atoms with van der Waals surface area (Å²) in [5.41, 5.74) is 2.27. The van der Waals surface area contributed by atoms with E-state index in [1.54, 1.807) is 25.1 Å². The van der Waals surface area contributed by atoms with E-state index in [0.29, 0.717) is 22.7 Å². The molecule has 0 saturated heterocycles. The van der Waals surface area contributed by atoms with Crippen molar-refractivity contribution in [1.82, 2.24) is 5.32 Å². The van der Waals surface area contributed by atoms with Crippen molar-refractivity contribution >= 4 is 27.4 Å². The number of anilines is 2. The lowest BCUT2D eigenvalue weighted by molar-refractivity contribution is 0.152. The molecule has 0 aromatic heterocycles. The van der Waals surface area contributed by atoms with Gasteiger partial charge in [-0.25, -0.2) is 13.2 Å². The first-order chi connectivity index (χ1) is 12.0. The SMILES string of the molecule is CCS(=O)(=O)Nc1ccc(NC(=O)N[C@@H]2CCC(C)(C)C[C@H]2C)cc1C. The summed E-state index contributed by atoms with van der Waals surface area (Å²) < 4.78 is 25.9. The van der Waals surface area contributed by atoms with E-state index in [9.17, 15) is 13.2 Å². The second kappa shape index (κ2) is 7.86. The van der Waals surface area contributed by atoms with Crippen molar-refractivity contribution in [2.75, 3.05) is 15.8 Å². The second-order valence-electron chi connectivity index (χ2n) is 8.12. The molecule has 0 heterocycles. The first-order valence-electron chi connectivity index (χ1n) is 9.20. The molecule has 1 aromatic rings. The van der Waals surface area contributed by atoms with E-state index in [0.717, 1.165) is 24.8 Å². The predicted molar refractivity (Wildman–Crippen MR) is 107 cm³/mol. The summed E-state index contributed by atoms with van der Waals surface area (Å²) in [6, 6.07) is 5.10. The molecule has 0 unspecified atom stereocenters. The summed E-state index contributed by atoms with van der Waals surface area (Å²) in [6.07, 6.45) is 3.19. The Bertz CT molecular complexity index is 759. The van der Waals surface area contributed by atoms with Crippen LogP contribution >= 0.6 is 0 Å². The molecule has 146 valence electrons. The Morgan fingerprint density at radius 3 is 2.58 bits per heavy atom. The molecule has 7 heteroatoms. The molecule has 2 amide bonds.